The average molecular weight is 522 g/mol. The van der Waals surface area contributed by atoms with Crippen LogP contribution in [0.3, 0.4) is 0 Å². The van der Waals surface area contributed by atoms with E-state index in [2.05, 4.69) is 6.92 Å². The zero-order chi connectivity index (χ0) is 27.1. The molecule has 0 aromatic heterocycles. The SMILES string of the molecule is CCCCN1CC=C[C@]23O[C@]4(C)C=CCN(Cc5ccccc5)C(=O)[C@@H]4[C@H]2C(=O)N([C@@H](CC)CO)C3C1=O. The zero-order valence-corrected chi connectivity index (χ0v) is 22.6. The van der Waals surface area contributed by atoms with Crippen molar-refractivity contribution in [3.05, 3.63) is 60.2 Å². The molecule has 1 aromatic rings. The van der Waals surface area contributed by atoms with E-state index in [0.717, 1.165) is 18.4 Å². The molecule has 1 aromatic carbocycles. The van der Waals surface area contributed by atoms with Crippen LogP contribution in [0.15, 0.2) is 54.6 Å². The minimum Gasteiger partial charge on any atom is -0.394 e. The highest BCUT2D eigenvalue weighted by Gasteiger charge is 2.75. The lowest BCUT2D eigenvalue weighted by atomic mass is 9.74. The van der Waals surface area contributed by atoms with Gasteiger partial charge >= 0.3 is 0 Å². The normalized spacial score (nSPS) is 33.2. The van der Waals surface area contributed by atoms with Gasteiger partial charge in [-0.3, -0.25) is 14.4 Å². The second-order valence-electron chi connectivity index (χ2n) is 11.1. The van der Waals surface area contributed by atoms with Crippen molar-refractivity contribution in [2.75, 3.05) is 26.2 Å². The number of hydrogen-bond acceptors (Lipinski definition) is 5. The number of likely N-dealkylation sites (tertiary alicyclic amines) is 1. The molecule has 4 heterocycles. The molecule has 3 amide bonds. The Hall–Kier alpha value is -2.97. The van der Waals surface area contributed by atoms with E-state index in [9.17, 15) is 19.5 Å². The van der Waals surface area contributed by atoms with Crippen LogP contribution in [0.5, 0.6) is 0 Å². The summed E-state index contributed by atoms with van der Waals surface area (Å²) in [4.78, 5) is 47.8. The summed E-state index contributed by atoms with van der Waals surface area (Å²) in [6.07, 6.45) is 9.92. The van der Waals surface area contributed by atoms with Crippen LogP contribution >= 0.6 is 0 Å². The Morgan fingerprint density at radius 2 is 1.68 bits per heavy atom. The van der Waals surface area contributed by atoms with E-state index in [0.29, 0.717) is 32.6 Å². The van der Waals surface area contributed by atoms with Gasteiger partial charge in [-0.05, 0) is 25.3 Å². The third kappa shape index (κ3) is 4.09. The summed E-state index contributed by atoms with van der Waals surface area (Å²) < 4.78 is 6.85. The Kier molecular flexibility index (Phi) is 7.22. The van der Waals surface area contributed by atoms with E-state index < -0.39 is 35.1 Å². The molecule has 5 rings (SSSR count). The topological polar surface area (TPSA) is 90.4 Å². The van der Waals surface area contributed by atoms with Crippen molar-refractivity contribution in [1.29, 1.82) is 0 Å². The molecule has 4 aliphatic rings. The smallest absolute Gasteiger partial charge is 0.249 e. The number of fused-ring (bicyclic) bond motifs is 2. The monoisotopic (exact) mass is 521 g/mol. The number of benzene rings is 1. The number of amides is 3. The lowest BCUT2D eigenvalue weighted by Gasteiger charge is -2.40. The van der Waals surface area contributed by atoms with Crippen molar-refractivity contribution in [1.82, 2.24) is 14.7 Å². The van der Waals surface area contributed by atoms with E-state index in [1.54, 1.807) is 14.7 Å². The van der Waals surface area contributed by atoms with Gasteiger partial charge in [0.25, 0.3) is 0 Å². The maximum Gasteiger partial charge on any atom is 0.249 e. The Morgan fingerprint density at radius 1 is 0.974 bits per heavy atom. The Morgan fingerprint density at radius 3 is 2.37 bits per heavy atom. The third-order valence-corrected chi connectivity index (χ3v) is 8.73. The first kappa shape index (κ1) is 26.6. The van der Waals surface area contributed by atoms with Crippen LogP contribution in [0.1, 0.15) is 45.6 Å². The third-order valence-electron chi connectivity index (χ3n) is 8.73. The first-order chi connectivity index (χ1) is 18.3. The number of unbranched alkanes of at least 4 members (excludes halogenated alkanes) is 1. The minimum absolute atomic E-state index is 0.151. The summed E-state index contributed by atoms with van der Waals surface area (Å²) in [7, 11) is 0. The summed E-state index contributed by atoms with van der Waals surface area (Å²) in [6, 6.07) is 8.33. The van der Waals surface area contributed by atoms with Crippen molar-refractivity contribution in [2.24, 2.45) is 11.8 Å². The quantitative estimate of drug-likeness (QED) is 0.531. The van der Waals surface area contributed by atoms with Gasteiger partial charge in [0, 0.05) is 26.2 Å². The second-order valence-corrected chi connectivity index (χ2v) is 11.1. The number of aliphatic hydroxyl groups is 1. The average Bonchev–Trinajstić information content (AvgIpc) is 3.19. The Balaban J connectivity index is 1.59. The van der Waals surface area contributed by atoms with E-state index in [4.69, 9.17) is 4.74 Å². The van der Waals surface area contributed by atoms with Crippen LogP contribution in [-0.4, -0.2) is 87.1 Å². The molecule has 38 heavy (non-hydrogen) atoms. The fourth-order valence-electron chi connectivity index (χ4n) is 6.86. The van der Waals surface area contributed by atoms with E-state index >= 15 is 0 Å². The van der Waals surface area contributed by atoms with Gasteiger partial charge in [0.1, 0.15) is 11.6 Å². The molecule has 2 saturated heterocycles. The van der Waals surface area contributed by atoms with Crippen molar-refractivity contribution < 1.29 is 24.2 Å². The molecule has 0 bridgehead atoms. The van der Waals surface area contributed by atoms with Gasteiger partial charge in [-0.1, -0.05) is 74.9 Å². The van der Waals surface area contributed by atoms with Crippen LogP contribution in [-0.2, 0) is 25.7 Å². The largest absolute Gasteiger partial charge is 0.394 e. The molecule has 1 spiro atoms. The predicted molar refractivity (Wildman–Crippen MR) is 143 cm³/mol. The number of carbonyl (C=O) groups is 3. The molecular weight excluding hydrogens is 482 g/mol. The predicted octanol–water partition coefficient (Wildman–Crippen LogP) is 2.53. The maximum absolute atomic E-state index is 14.3. The minimum atomic E-state index is -1.28. The number of aliphatic hydroxyl groups excluding tert-OH is 1. The molecule has 1 N–H and O–H groups in total. The summed E-state index contributed by atoms with van der Waals surface area (Å²) >= 11 is 0. The van der Waals surface area contributed by atoms with E-state index in [-0.39, 0.29) is 24.3 Å². The molecule has 6 atom stereocenters. The van der Waals surface area contributed by atoms with Crippen LogP contribution in [0.2, 0.25) is 0 Å². The van der Waals surface area contributed by atoms with Crippen LogP contribution in [0.4, 0.5) is 0 Å². The molecule has 8 nitrogen and oxygen atoms in total. The Bertz CT molecular complexity index is 1130. The standard InChI is InChI=1S/C30H39N3O5/c1-4-6-16-31-17-11-15-30-24(27(36)33(22(5-2)20-34)25(30)28(31)37)23-26(35)32(18-10-14-29(23,3)38-30)19-21-12-8-7-9-13-21/h7-15,22-25,34H,4-6,16-20H2,1-3H3/t22-,23-,24-,25?,29+,30-/m0/s1. The van der Waals surface area contributed by atoms with Gasteiger partial charge in [-0.15, -0.1) is 0 Å². The molecule has 0 aliphatic carbocycles. The highest BCUT2D eigenvalue weighted by Crippen LogP contribution is 2.58. The van der Waals surface area contributed by atoms with Crippen molar-refractivity contribution >= 4 is 17.7 Å². The van der Waals surface area contributed by atoms with Gasteiger partial charge < -0.3 is 24.5 Å². The van der Waals surface area contributed by atoms with E-state index in [1.807, 2.05) is 68.5 Å². The van der Waals surface area contributed by atoms with Gasteiger partial charge in [-0.2, -0.15) is 0 Å². The zero-order valence-electron chi connectivity index (χ0n) is 22.6. The number of ether oxygens (including phenoxy) is 1. The number of nitrogens with zero attached hydrogens (tertiary/aromatic N) is 3. The lowest BCUT2D eigenvalue weighted by Crippen LogP contribution is -2.58. The van der Waals surface area contributed by atoms with E-state index in [1.165, 1.54) is 0 Å². The molecule has 2 fully saturated rings. The number of rotatable bonds is 8. The van der Waals surface area contributed by atoms with Crippen molar-refractivity contribution in [3.63, 3.8) is 0 Å². The molecule has 204 valence electrons. The first-order valence-electron chi connectivity index (χ1n) is 13.9. The molecule has 8 heteroatoms. The number of hydrogen-bond donors (Lipinski definition) is 1. The fourth-order valence-corrected chi connectivity index (χ4v) is 6.86. The summed E-state index contributed by atoms with van der Waals surface area (Å²) in [5.74, 6) is -2.27. The Labute approximate surface area is 224 Å². The highest BCUT2D eigenvalue weighted by molar-refractivity contribution is 6.00. The van der Waals surface area contributed by atoms with Gasteiger partial charge in [0.05, 0.1) is 30.1 Å². The van der Waals surface area contributed by atoms with Crippen molar-refractivity contribution in [2.45, 2.75) is 69.9 Å². The summed E-state index contributed by atoms with van der Waals surface area (Å²) in [5.41, 5.74) is -1.32. The first-order valence-corrected chi connectivity index (χ1v) is 13.9. The maximum atomic E-state index is 14.3. The molecule has 4 aliphatic heterocycles. The van der Waals surface area contributed by atoms with Gasteiger partial charge in [0.15, 0.2) is 0 Å². The summed E-state index contributed by atoms with van der Waals surface area (Å²) in [5, 5.41) is 10.2. The molecule has 1 unspecified atom stereocenters. The highest BCUT2D eigenvalue weighted by atomic mass is 16.5. The lowest BCUT2D eigenvalue weighted by molar-refractivity contribution is -0.156. The van der Waals surface area contributed by atoms with Crippen LogP contribution in [0, 0.1) is 11.8 Å². The van der Waals surface area contributed by atoms with Gasteiger partial charge in [-0.25, -0.2) is 0 Å². The molecular formula is C30H39N3O5. The summed E-state index contributed by atoms with van der Waals surface area (Å²) in [6.45, 7) is 7.42. The fraction of sp³-hybridized carbons (Fsp3) is 0.567. The van der Waals surface area contributed by atoms with Crippen molar-refractivity contribution in [3.8, 4) is 0 Å². The second kappa shape index (κ2) is 10.3. The molecule has 0 radical (unpaired) electrons. The number of carbonyl (C=O) groups excluding carboxylic acids is 3. The van der Waals surface area contributed by atoms with Crippen LogP contribution < -0.4 is 0 Å². The van der Waals surface area contributed by atoms with Crippen LogP contribution in [0.25, 0.3) is 0 Å². The van der Waals surface area contributed by atoms with Gasteiger partial charge in [0.2, 0.25) is 17.7 Å². The molecule has 0 saturated carbocycles.